The number of fused-ring (bicyclic) bond motifs is 1. The molecule has 120 valence electrons. The number of rotatable bonds is 3. The minimum atomic E-state index is 0.116. The van der Waals surface area contributed by atoms with Gasteiger partial charge in [-0.15, -0.1) is 0 Å². The van der Waals surface area contributed by atoms with E-state index in [1.54, 1.807) is 0 Å². The fraction of sp³-hybridized carbons (Fsp3) is 0.316. The summed E-state index contributed by atoms with van der Waals surface area (Å²) in [6.45, 7) is 6.10. The van der Waals surface area contributed by atoms with Crippen LogP contribution < -0.4 is 4.74 Å². The Hall–Kier alpha value is -1.56. The molecular formula is C19H20INO2. The van der Waals surface area contributed by atoms with Crippen LogP contribution in [0.15, 0.2) is 36.4 Å². The molecule has 0 spiro atoms. The second-order valence-electron chi connectivity index (χ2n) is 5.78. The Morgan fingerprint density at radius 3 is 2.87 bits per heavy atom. The molecule has 0 saturated carbocycles. The molecular weight excluding hydrogens is 401 g/mol. The zero-order valence-electron chi connectivity index (χ0n) is 13.4. The predicted octanol–water partition coefficient (Wildman–Crippen LogP) is 4.20. The fourth-order valence-electron chi connectivity index (χ4n) is 2.95. The molecule has 0 atom stereocenters. The molecule has 2 aromatic carbocycles. The van der Waals surface area contributed by atoms with Crippen molar-refractivity contribution in [3.05, 3.63) is 62.2 Å². The van der Waals surface area contributed by atoms with Crippen LogP contribution in [0.5, 0.6) is 5.75 Å². The quantitative estimate of drug-likeness (QED) is 0.696. The molecule has 0 saturated heterocycles. The number of benzene rings is 2. The maximum absolute atomic E-state index is 12.9. The van der Waals surface area contributed by atoms with E-state index >= 15 is 0 Å². The van der Waals surface area contributed by atoms with E-state index < -0.39 is 0 Å². The number of aryl methyl sites for hydroxylation is 1. The second kappa shape index (κ2) is 6.91. The minimum Gasteiger partial charge on any atom is -0.494 e. The molecule has 0 aliphatic carbocycles. The van der Waals surface area contributed by atoms with Gasteiger partial charge in [-0.25, -0.2) is 0 Å². The molecule has 0 bridgehead atoms. The first-order valence-electron chi connectivity index (χ1n) is 7.89. The fourth-order valence-corrected chi connectivity index (χ4v) is 3.54. The Bertz CT molecular complexity index is 742. The van der Waals surface area contributed by atoms with E-state index in [-0.39, 0.29) is 5.91 Å². The van der Waals surface area contributed by atoms with Crippen LogP contribution in [-0.2, 0) is 13.0 Å². The Morgan fingerprint density at radius 1 is 1.26 bits per heavy atom. The Balaban J connectivity index is 1.84. The summed E-state index contributed by atoms with van der Waals surface area (Å²) in [4.78, 5) is 14.8. The molecule has 4 heteroatoms. The van der Waals surface area contributed by atoms with Gasteiger partial charge in [-0.1, -0.05) is 18.2 Å². The van der Waals surface area contributed by atoms with Crippen LogP contribution in [0.25, 0.3) is 0 Å². The second-order valence-corrected chi connectivity index (χ2v) is 6.86. The molecule has 0 radical (unpaired) electrons. The maximum atomic E-state index is 12.9. The van der Waals surface area contributed by atoms with Crippen molar-refractivity contribution < 1.29 is 9.53 Å². The molecule has 0 aromatic heterocycles. The first-order chi connectivity index (χ1) is 11.1. The highest BCUT2D eigenvalue weighted by Crippen LogP contribution is 2.26. The van der Waals surface area contributed by atoms with Gasteiger partial charge in [-0.3, -0.25) is 4.79 Å². The Kier molecular flexibility index (Phi) is 4.90. The molecule has 0 N–H and O–H groups in total. The zero-order chi connectivity index (χ0) is 16.4. The van der Waals surface area contributed by atoms with Crippen molar-refractivity contribution in [2.75, 3.05) is 13.2 Å². The van der Waals surface area contributed by atoms with Gasteiger partial charge in [0.25, 0.3) is 5.91 Å². The number of amides is 1. The molecule has 2 aromatic rings. The molecule has 3 rings (SSSR count). The lowest BCUT2D eigenvalue weighted by molar-refractivity contribution is 0.0733. The summed E-state index contributed by atoms with van der Waals surface area (Å²) in [6, 6.07) is 12.1. The van der Waals surface area contributed by atoms with Crippen LogP contribution in [-0.4, -0.2) is 24.0 Å². The number of hydrogen-bond acceptors (Lipinski definition) is 2. The first-order valence-corrected chi connectivity index (χ1v) is 8.97. The molecule has 0 fully saturated rings. The summed E-state index contributed by atoms with van der Waals surface area (Å²) in [5.41, 5.74) is 4.46. The Labute approximate surface area is 150 Å². The topological polar surface area (TPSA) is 29.5 Å². The van der Waals surface area contributed by atoms with E-state index in [2.05, 4.69) is 34.7 Å². The van der Waals surface area contributed by atoms with E-state index in [9.17, 15) is 4.79 Å². The molecule has 0 unspecified atom stereocenters. The van der Waals surface area contributed by atoms with Gasteiger partial charge in [0.05, 0.1) is 12.2 Å². The van der Waals surface area contributed by atoms with Gasteiger partial charge < -0.3 is 9.64 Å². The summed E-state index contributed by atoms with van der Waals surface area (Å²) in [6.07, 6.45) is 0.899. The Morgan fingerprint density at radius 2 is 2.09 bits per heavy atom. The van der Waals surface area contributed by atoms with E-state index in [1.807, 2.05) is 43.0 Å². The lowest BCUT2D eigenvalue weighted by Crippen LogP contribution is -2.36. The third-order valence-electron chi connectivity index (χ3n) is 4.21. The van der Waals surface area contributed by atoms with Crippen molar-refractivity contribution >= 4 is 28.5 Å². The van der Waals surface area contributed by atoms with Gasteiger partial charge in [0.2, 0.25) is 0 Å². The van der Waals surface area contributed by atoms with Crippen molar-refractivity contribution in [1.29, 1.82) is 0 Å². The number of carbonyl (C=O) groups is 1. The smallest absolute Gasteiger partial charge is 0.255 e. The molecule has 1 amide bonds. The average molecular weight is 421 g/mol. The number of halogens is 1. The van der Waals surface area contributed by atoms with Gasteiger partial charge in [0, 0.05) is 16.7 Å². The van der Waals surface area contributed by atoms with E-state index in [4.69, 9.17) is 4.74 Å². The van der Waals surface area contributed by atoms with Crippen LogP contribution in [0.1, 0.15) is 34.0 Å². The van der Waals surface area contributed by atoms with Gasteiger partial charge in [-0.2, -0.15) is 0 Å². The maximum Gasteiger partial charge on any atom is 0.255 e. The summed E-state index contributed by atoms with van der Waals surface area (Å²) in [5.74, 6) is 0.997. The van der Waals surface area contributed by atoms with Crippen molar-refractivity contribution in [2.24, 2.45) is 0 Å². The predicted molar refractivity (Wildman–Crippen MR) is 100.0 cm³/mol. The molecule has 1 aliphatic rings. The van der Waals surface area contributed by atoms with E-state index in [0.717, 1.165) is 33.4 Å². The van der Waals surface area contributed by atoms with Crippen molar-refractivity contribution in [1.82, 2.24) is 4.90 Å². The number of ether oxygens (including phenoxy) is 1. The first kappa shape index (κ1) is 16.3. The highest BCUT2D eigenvalue weighted by atomic mass is 127. The standard InChI is InChI=1S/C19H20INO2/c1-3-23-16-8-7-14-9-10-21(12-15(14)11-16)19(22)17-6-4-5-13(2)18(17)20/h4-8,11H,3,9-10,12H2,1-2H3. The normalized spacial score (nSPS) is 13.6. The van der Waals surface area contributed by atoms with Crippen molar-refractivity contribution in [3.63, 3.8) is 0 Å². The van der Waals surface area contributed by atoms with Crippen LogP contribution >= 0.6 is 22.6 Å². The van der Waals surface area contributed by atoms with Crippen LogP contribution in [0, 0.1) is 10.5 Å². The highest BCUT2D eigenvalue weighted by Gasteiger charge is 2.23. The van der Waals surface area contributed by atoms with Gasteiger partial charge in [0.1, 0.15) is 5.75 Å². The highest BCUT2D eigenvalue weighted by molar-refractivity contribution is 14.1. The van der Waals surface area contributed by atoms with E-state index in [1.165, 1.54) is 11.1 Å². The summed E-state index contributed by atoms with van der Waals surface area (Å²) in [5, 5.41) is 0. The SMILES string of the molecule is CCOc1ccc2c(c1)CN(C(=O)c1cccc(C)c1I)CC2. The number of carbonyl (C=O) groups excluding carboxylic acids is 1. The molecule has 1 heterocycles. The summed E-state index contributed by atoms with van der Waals surface area (Å²) in [7, 11) is 0. The third kappa shape index (κ3) is 3.37. The number of hydrogen-bond donors (Lipinski definition) is 0. The lowest BCUT2D eigenvalue weighted by Gasteiger charge is -2.29. The van der Waals surface area contributed by atoms with E-state index in [0.29, 0.717) is 13.2 Å². The largest absolute Gasteiger partial charge is 0.494 e. The van der Waals surface area contributed by atoms with Gasteiger partial charge in [0.15, 0.2) is 0 Å². The molecule has 23 heavy (non-hydrogen) atoms. The van der Waals surface area contributed by atoms with Gasteiger partial charge in [-0.05, 0) is 77.7 Å². The van der Waals surface area contributed by atoms with Crippen LogP contribution in [0.4, 0.5) is 0 Å². The van der Waals surface area contributed by atoms with Crippen LogP contribution in [0.3, 0.4) is 0 Å². The van der Waals surface area contributed by atoms with Crippen molar-refractivity contribution in [2.45, 2.75) is 26.8 Å². The molecule has 1 aliphatic heterocycles. The monoisotopic (exact) mass is 421 g/mol. The lowest BCUT2D eigenvalue weighted by atomic mass is 9.98. The molecule has 3 nitrogen and oxygen atoms in total. The zero-order valence-corrected chi connectivity index (χ0v) is 15.6. The number of nitrogens with zero attached hydrogens (tertiary/aromatic N) is 1. The van der Waals surface area contributed by atoms with Crippen molar-refractivity contribution in [3.8, 4) is 5.75 Å². The minimum absolute atomic E-state index is 0.116. The van der Waals surface area contributed by atoms with Crippen LogP contribution in [0.2, 0.25) is 0 Å². The van der Waals surface area contributed by atoms with Gasteiger partial charge >= 0.3 is 0 Å². The summed E-state index contributed by atoms with van der Waals surface area (Å²) >= 11 is 2.27. The third-order valence-corrected chi connectivity index (χ3v) is 5.64. The summed E-state index contributed by atoms with van der Waals surface area (Å²) < 4.78 is 6.63. The average Bonchev–Trinajstić information content (AvgIpc) is 2.56.